The Labute approximate surface area is 77.6 Å². The molecule has 1 aliphatic rings. The van der Waals surface area contributed by atoms with Crippen LogP contribution >= 0.6 is 33.3 Å². The van der Waals surface area contributed by atoms with Gasteiger partial charge in [0.05, 0.1) is 9.93 Å². The molecular weight excluding hydrogens is 198 g/mol. The van der Waals surface area contributed by atoms with Gasteiger partial charge in [-0.1, -0.05) is 0 Å². The van der Waals surface area contributed by atoms with Crippen LogP contribution in [0.5, 0.6) is 0 Å². The van der Waals surface area contributed by atoms with E-state index in [1.165, 1.54) is 4.24 Å². The molecular formula is C6H7NOS3. The molecule has 0 atom stereocenters. The maximum Gasteiger partial charge on any atom is 0.0962 e. The number of hydrogen-bond donors (Lipinski definition) is 0. The van der Waals surface area contributed by atoms with Crippen LogP contribution in [0.15, 0.2) is 26.1 Å². The van der Waals surface area contributed by atoms with Gasteiger partial charge in [-0.15, -0.1) is 16.7 Å². The maximum atomic E-state index is 10.1. The topological polar surface area (TPSA) is 29.4 Å². The second-order valence-electron chi connectivity index (χ2n) is 1.88. The smallest absolute Gasteiger partial charge is 0.0962 e. The first-order valence-corrected chi connectivity index (χ1v) is 6.30. The van der Waals surface area contributed by atoms with Crippen LogP contribution in [0.2, 0.25) is 0 Å². The minimum atomic E-state index is 0.576. The molecule has 0 saturated carbocycles. The molecule has 60 valence electrons. The van der Waals surface area contributed by atoms with Crippen LogP contribution in [0.4, 0.5) is 0 Å². The van der Waals surface area contributed by atoms with Crippen molar-refractivity contribution in [3.8, 4) is 0 Å². The highest BCUT2D eigenvalue weighted by atomic mass is 33.1. The van der Waals surface area contributed by atoms with E-state index in [0.717, 1.165) is 4.91 Å². The number of allylic oxidation sites excluding steroid dienone is 2. The van der Waals surface area contributed by atoms with Crippen LogP contribution in [0.3, 0.4) is 0 Å². The molecule has 0 fully saturated rings. The fraction of sp³-hybridized carbons (Fsp3) is 0.333. The maximum absolute atomic E-state index is 10.1. The molecule has 5 heteroatoms. The summed E-state index contributed by atoms with van der Waals surface area (Å²) in [5.41, 5.74) is 0.576. The molecule has 0 aromatic heterocycles. The molecule has 11 heavy (non-hydrogen) atoms. The fourth-order valence-electron chi connectivity index (χ4n) is 0.544. The van der Waals surface area contributed by atoms with Crippen molar-refractivity contribution in [3.63, 3.8) is 0 Å². The number of rotatable bonds is 2. The average molecular weight is 205 g/mol. The summed E-state index contributed by atoms with van der Waals surface area (Å²) in [5, 5.41) is 2.88. The third kappa shape index (κ3) is 2.28. The lowest BCUT2D eigenvalue weighted by molar-refractivity contribution is 1.28. The Morgan fingerprint density at radius 3 is 2.82 bits per heavy atom. The summed E-state index contributed by atoms with van der Waals surface area (Å²) in [6, 6.07) is 0. The molecule has 1 heterocycles. The van der Waals surface area contributed by atoms with Gasteiger partial charge in [0.2, 0.25) is 0 Å². The Hall–Kier alpha value is 0.130. The number of hydrogen-bond acceptors (Lipinski definition) is 5. The standard InChI is InChI=1S/C6H7NOS3/c1-4(7-8)5-3-6(9-2)11-10-5/h3H,1-2H3/b5-4-. The lowest BCUT2D eigenvalue weighted by Crippen LogP contribution is -1.70. The van der Waals surface area contributed by atoms with E-state index in [0.29, 0.717) is 5.70 Å². The third-order valence-corrected chi connectivity index (χ3v) is 5.03. The van der Waals surface area contributed by atoms with E-state index in [1.807, 2.05) is 12.3 Å². The highest BCUT2D eigenvalue weighted by Gasteiger charge is 2.12. The van der Waals surface area contributed by atoms with E-state index >= 15 is 0 Å². The average Bonchev–Trinajstić information content (AvgIpc) is 2.50. The molecule has 0 saturated heterocycles. The molecule has 0 amide bonds. The summed E-state index contributed by atoms with van der Waals surface area (Å²) in [6.07, 6.45) is 4.02. The predicted molar refractivity (Wildman–Crippen MR) is 55.3 cm³/mol. The normalized spacial score (nSPS) is 21.5. The van der Waals surface area contributed by atoms with Crippen molar-refractivity contribution in [3.05, 3.63) is 25.8 Å². The molecule has 0 radical (unpaired) electrons. The van der Waals surface area contributed by atoms with E-state index in [1.54, 1.807) is 40.3 Å². The molecule has 0 N–H and O–H groups in total. The minimum absolute atomic E-state index is 0.576. The van der Waals surface area contributed by atoms with Crippen molar-refractivity contribution in [2.45, 2.75) is 6.92 Å². The molecule has 0 unspecified atom stereocenters. The van der Waals surface area contributed by atoms with E-state index in [4.69, 9.17) is 0 Å². The monoisotopic (exact) mass is 205 g/mol. The zero-order chi connectivity index (χ0) is 8.27. The van der Waals surface area contributed by atoms with Gasteiger partial charge in [-0.3, -0.25) is 0 Å². The highest BCUT2D eigenvalue weighted by molar-refractivity contribution is 8.82. The summed E-state index contributed by atoms with van der Waals surface area (Å²) in [6.45, 7) is 1.73. The lowest BCUT2D eigenvalue weighted by Gasteiger charge is -1.89. The van der Waals surface area contributed by atoms with E-state index in [9.17, 15) is 4.91 Å². The van der Waals surface area contributed by atoms with Crippen LogP contribution in [0, 0.1) is 4.91 Å². The summed E-state index contributed by atoms with van der Waals surface area (Å²) in [4.78, 5) is 11.1. The SMILES string of the molecule is CSC1=C/C(=C(\C)N=O)SS1. The van der Waals surface area contributed by atoms with Gasteiger partial charge in [0, 0.05) is 4.91 Å². The van der Waals surface area contributed by atoms with E-state index in [-0.39, 0.29) is 0 Å². The van der Waals surface area contributed by atoms with Gasteiger partial charge in [0.1, 0.15) is 0 Å². The van der Waals surface area contributed by atoms with Crippen molar-refractivity contribution in [1.82, 2.24) is 0 Å². The van der Waals surface area contributed by atoms with Crippen molar-refractivity contribution in [2.24, 2.45) is 5.18 Å². The summed E-state index contributed by atoms with van der Waals surface area (Å²) >= 11 is 1.69. The van der Waals surface area contributed by atoms with Gasteiger partial charge in [-0.05, 0) is 46.0 Å². The summed E-state index contributed by atoms with van der Waals surface area (Å²) in [7, 11) is 3.27. The van der Waals surface area contributed by atoms with Gasteiger partial charge in [-0.25, -0.2) is 0 Å². The Morgan fingerprint density at radius 2 is 2.36 bits per heavy atom. The van der Waals surface area contributed by atoms with Crippen LogP contribution in [0.1, 0.15) is 6.92 Å². The van der Waals surface area contributed by atoms with Gasteiger partial charge in [0.25, 0.3) is 0 Å². The van der Waals surface area contributed by atoms with Gasteiger partial charge in [0.15, 0.2) is 0 Å². The quantitative estimate of drug-likeness (QED) is 0.509. The van der Waals surface area contributed by atoms with Crippen LogP contribution in [-0.2, 0) is 0 Å². The Kier molecular flexibility index (Phi) is 3.54. The molecule has 2 nitrogen and oxygen atoms in total. The molecule has 0 bridgehead atoms. The van der Waals surface area contributed by atoms with Gasteiger partial charge in [-0.2, -0.15) is 0 Å². The molecule has 0 aromatic carbocycles. The molecule has 1 rings (SSSR count). The van der Waals surface area contributed by atoms with Crippen LogP contribution in [0.25, 0.3) is 0 Å². The van der Waals surface area contributed by atoms with Crippen molar-refractivity contribution >= 4 is 33.3 Å². The summed E-state index contributed by atoms with van der Waals surface area (Å²) in [5.74, 6) is 0. The molecule has 1 aliphatic heterocycles. The predicted octanol–water partition coefficient (Wildman–Crippen LogP) is 3.58. The second kappa shape index (κ2) is 4.23. The minimum Gasteiger partial charge on any atom is -0.145 e. The van der Waals surface area contributed by atoms with Crippen molar-refractivity contribution < 1.29 is 0 Å². The van der Waals surface area contributed by atoms with Crippen LogP contribution < -0.4 is 0 Å². The first-order valence-electron chi connectivity index (χ1n) is 2.92. The fourth-order valence-corrected chi connectivity index (χ4v) is 3.95. The first-order chi connectivity index (χ1) is 5.27. The Morgan fingerprint density at radius 1 is 1.64 bits per heavy atom. The Balaban J connectivity index is 2.80. The van der Waals surface area contributed by atoms with E-state index in [2.05, 4.69) is 5.18 Å². The third-order valence-electron chi connectivity index (χ3n) is 1.16. The number of nitrogens with zero attached hydrogens (tertiary/aromatic N) is 1. The van der Waals surface area contributed by atoms with Crippen LogP contribution in [-0.4, -0.2) is 6.26 Å². The van der Waals surface area contributed by atoms with Crippen molar-refractivity contribution in [1.29, 1.82) is 0 Å². The molecule has 0 aliphatic carbocycles. The second-order valence-corrected chi connectivity index (χ2v) is 5.19. The van der Waals surface area contributed by atoms with Gasteiger partial charge < -0.3 is 0 Å². The molecule has 0 aromatic rings. The number of thioether (sulfide) groups is 1. The van der Waals surface area contributed by atoms with Crippen molar-refractivity contribution in [2.75, 3.05) is 6.26 Å². The molecule has 0 spiro atoms. The summed E-state index contributed by atoms with van der Waals surface area (Å²) < 4.78 is 1.23. The highest BCUT2D eigenvalue weighted by Crippen LogP contribution is 2.49. The van der Waals surface area contributed by atoms with E-state index < -0.39 is 0 Å². The largest absolute Gasteiger partial charge is 0.145 e. The first kappa shape index (κ1) is 9.22. The Bertz CT molecular complexity index is 234. The zero-order valence-electron chi connectivity index (χ0n) is 6.16. The zero-order valence-corrected chi connectivity index (χ0v) is 8.61. The number of nitroso groups, excluding NO2 is 1. The van der Waals surface area contributed by atoms with Gasteiger partial charge >= 0.3 is 0 Å². The lowest BCUT2D eigenvalue weighted by atomic mass is 10.4.